The van der Waals surface area contributed by atoms with E-state index in [9.17, 15) is 4.79 Å². The van der Waals surface area contributed by atoms with Crippen LogP contribution in [0.25, 0.3) is 17.1 Å². The SMILES string of the molecule is Nc1c(-c2ccccn2)nnn1-c1ccc(C(=O)O)cc1. The maximum absolute atomic E-state index is 10.8. The molecule has 7 nitrogen and oxygen atoms in total. The first-order valence-corrected chi connectivity index (χ1v) is 6.13. The minimum atomic E-state index is -0.984. The fourth-order valence-electron chi connectivity index (χ4n) is 1.91. The zero-order valence-corrected chi connectivity index (χ0v) is 10.8. The molecule has 0 saturated carbocycles. The van der Waals surface area contributed by atoms with Crippen molar-refractivity contribution in [3.63, 3.8) is 0 Å². The lowest BCUT2D eigenvalue weighted by Crippen LogP contribution is -2.03. The topological polar surface area (TPSA) is 107 Å². The van der Waals surface area contributed by atoms with Gasteiger partial charge in [-0.2, -0.15) is 4.68 Å². The molecule has 3 N–H and O–H groups in total. The Bertz CT molecular complexity index is 781. The minimum absolute atomic E-state index is 0.197. The van der Waals surface area contributed by atoms with Crippen molar-refractivity contribution in [1.29, 1.82) is 0 Å². The molecule has 3 rings (SSSR count). The summed E-state index contributed by atoms with van der Waals surface area (Å²) in [4.78, 5) is 15.0. The fraction of sp³-hybridized carbons (Fsp3) is 0. The highest BCUT2D eigenvalue weighted by Gasteiger charge is 2.14. The van der Waals surface area contributed by atoms with Gasteiger partial charge < -0.3 is 10.8 Å². The van der Waals surface area contributed by atoms with Crippen molar-refractivity contribution in [1.82, 2.24) is 20.0 Å². The lowest BCUT2D eigenvalue weighted by molar-refractivity contribution is 0.0697. The number of hydrogen-bond acceptors (Lipinski definition) is 5. The number of carbonyl (C=O) groups is 1. The molecule has 1 aromatic carbocycles. The van der Waals surface area contributed by atoms with Gasteiger partial charge in [-0.05, 0) is 36.4 Å². The number of pyridine rings is 1. The standard InChI is InChI=1S/C14H11N5O2/c15-13-12(11-3-1-2-8-16-11)17-18-19(13)10-6-4-9(5-7-10)14(20)21/h1-8H,15H2,(H,20,21). The van der Waals surface area contributed by atoms with Gasteiger partial charge in [0.05, 0.1) is 16.9 Å². The monoisotopic (exact) mass is 281 g/mol. The molecule has 0 amide bonds. The second kappa shape index (κ2) is 5.04. The fourth-order valence-corrected chi connectivity index (χ4v) is 1.91. The predicted molar refractivity (Wildman–Crippen MR) is 76.0 cm³/mol. The molecule has 7 heteroatoms. The van der Waals surface area contributed by atoms with Crippen molar-refractivity contribution in [2.45, 2.75) is 0 Å². The van der Waals surface area contributed by atoms with Gasteiger partial charge in [-0.15, -0.1) is 5.10 Å². The highest BCUT2D eigenvalue weighted by Crippen LogP contribution is 2.23. The molecule has 0 aliphatic rings. The van der Waals surface area contributed by atoms with Crippen LogP contribution in [0.15, 0.2) is 48.7 Å². The van der Waals surface area contributed by atoms with E-state index in [1.54, 1.807) is 30.5 Å². The van der Waals surface area contributed by atoms with Crippen LogP contribution in [0.1, 0.15) is 10.4 Å². The second-order valence-corrected chi connectivity index (χ2v) is 4.30. The van der Waals surface area contributed by atoms with Crippen LogP contribution in [0.5, 0.6) is 0 Å². The van der Waals surface area contributed by atoms with Gasteiger partial charge in [0.1, 0.15) is 0 Å². The average Bonchev–Trinajstić information content (AvgIpc) is 2.90. The molecule has 0 radical (unpaired) electrons. The summed E-state index contributed by atoms with van der Waals surface area (Å²) in [5.74, 6) is -0.640. The van der Waals surface area contributed by atoms with Crippen LogP contribution < -0.4 is 5.73 Å². The molecule has 0 atom stereocenters. The zero-order chi connectivity index (χ0) is 14.8. The Hall–Kier alpha value is -3.22. The Morgan fingerprint density at radius 1 is 1.14 bits per heavy atom. The molecule has 3 aromatic rings. The largest absolute Gasteiger partial charge is 0.478 e. The van der Waals surface area contributed by atoms with Crippen molar-refractivity contribution < 1.29 is 9.90 Å². The van der Waals surface area contributed by atoms with E-state index in [4.69, 9.17) is 10.8 Å². The Labute approximate surface area is 119 Å². The number of nitrogens with zero attached hydrogens (tertiary/aromatic N) is 4. The summed E-state index contributed by atoms with van der Waals surface area (Å²) in [5.41, 5.74) is 7.99. The summed E-state index contributed by atoms with van der Waals surface area (Å²) in [6.45, 7) is 0. The van der Waals surface area contributed by atoms with Crippen molar-refractivity contribution in [3.05, 3.63) is 54.2 Å². The molecular weight excluding hydrogens is 270 g/mol. The summed E-state index contributed by atoms with van der Waals surface area (Å²) >= 11 is 0. The van der Waals surface area contributed by atoms with E-state index in [0.29, 0.717) is 22.9 Å². The number of carboxylic acids is 1. The quantitative estimate of drug-likeness (QED) is 0.755. The lowest BCUT2D eigenvalue weighted by Gasteiger charge is -2.03. The van der Waals surface area contributed by atoms with Gasteiger partial charge >= 0.3 is 5.97 Å². The number of aromatic carboxylic acids is 1. The van der Waals surface area contributed by atoms with E-state index in [2.05, 4.69) is 15.3 Å². The van der Waals surface area contributed by atoms with Gasteiger partial charge in [-0.3, -0.25) is 4.98 Å². The van der Waals surface area contributed by atoms with Crippen molar-refractivity contribution in [2.24, 2.45) is 0 Å². The molecular formula is C14H11N5O2. The summed E-state index contributed by atoms with van der Waals surface area (Å²) in [6, 6.07) is 11.6. The van der Waals surface area contributed by atoms with Crippen LogP contribution >= 0.6 is 0 Å². The third-order valence-corrected chi connectivity index (χ3v) is 2.97. The molecule has 104 valence electrons. The molecule has 21 heavy (non-hydrogen) atoms. The minimum Gasteiger partial charge on any atom is -0.478 e. The normalized spacial score (nSPS) is 10.5. The number of hydrogen-bond donors (Lipinski definition) is 2. The van der Waals surface area contributed by atoms with Gasteiger partial charge in [0, 0.05) is 6.20 Å². The highest BCUT2D eigenvalue weighted by molar-refractivity contribution is 5.87. The maximum Gasteiger partial charge on any atom is 0.335 e. The Balaban J connectivity index is 2.01. The van der Waals surface area contributed by atoms with Gasteiger partial charge in [0.25, 0.3) is 0 Å². The third kappa shape index (κ3) is 2.32. The summed E-state index contributed by atoms with van der Waals surface area (Å²) in [6.07, 6.45) is 1.65. The van der Waals surface area contributed by atoms with Crippen LogP contribution in [0, 0.1) is 0 Å². The highest BCUT2D eigenvalue weighted by atomic mass is 16.4. The van der Waals surface area contributed by atoms with E-state index in [1.165, 1.54) is 16.8 Å². The lowest BCUT2D eigenvalue weighted by atomic mass is 10.2. The van der Waals surface area contributed by atoms with Gasteiger partial charge in [-0.25, -0.2) is 4.79 Å². The molecule has 0 spiro atoms. The molecule has 2 aromatic heterocycles. The molecule has 0 bridgehead atoms. The van der Waals surface area contributed by atoms with Crippen LogP contribution in [0.4, 0.5) is 5.82 Å². The Morgan fingerprint density at radius 2 is 1.90 bits per heavy atom. The van der Waals surface area contributed by atoms with Crippen LogP contribution in [-0.2, 0) is 0 Å². The Morgan fingerprint density at radius 3 is 2.52 bits per heavy atom. The number of anilines is 1. The van der Waals surface area contributed by atoms with Gasteiger partial charge in [-0.1, -0.05) is 11.3 Å². The summed E-state index contributed by atoms with van der Waals surface area (Å²) in [7, 11) is 0. The molecule has 0 fully saturated rings. The van der Waals surface area contributed by atoms with Gasteiger partial charge in [0.2, 0.25) is 0 Å². The first-order chi connectivity index (χ1) is 10.2. The first-order valence-electron chi connectivity index (χ1n) is 6.13. The van der Waals surface area contributed by atoms with Crippen molar-refractivity contribution in [3.8, 4) is 17.1 Å². The number of aromatic nitrogens is 4. The average molecular weight is 281 g/mol. The van der Waals surface area contributed by atoms with Crippen molar-refractivity contribution in [2.75, 3.05) is 5.73 Å². The summed E-state index contributed by atoms with van der Waals surface area (Å²) in [5, 5.41) is 16.9. The zero-order valence-electron chi connectivity index (χ0n) is 10.8. The second-order valence-electron chi connectivity index (χ2n) is 4.30. The van der Waals surface area contributed by atoms with E-state index >= 15 is 0 Å². The molecule has 0 saturated heterocycles. The summed E-state index contributed by atoms with van der Waals surface area (Å²) < 4.78 is 1.44. The number of nitrogens with two attached hydrogens (primary N) is 1. The van der Waals surface area contributed by atoms with E-state index in [0.717, 1.165) is 0 Å². The predicted octanol–water partition coefficient (Wildman–Crippen LogP) is 1.61. The number of carboxylic acid groups (broad SMARTS) is 1. The van der Waals surface area contributed by atoms with E-state index in [1.807, 2.05) is 6.07 Å². The van der Waals surface area contributed by atoms with Gasteiger partial charge in [0.15, 0.2) is 11.5 Å². The molecule has 2 heterocycles. The van der Waals surface area contributed by atoms with E-state index in [-0.39, 0.29) is 5.56 Å². The number of rotatable bonds is 3. The number of nitrogen functional groups attached to an aromatic ring is 1. The first kappa shape index (κ1) is 12.8. The van der Waals surface area contributed by atoms with Crippen LogP contribution in [0.3, 0.4) is 0 Å². The Kier molecular flexibility index (Phi) is 3.07. The molecule has 0 aliphatic carbocycles. The molecule has 0 aliphatic heterocycles. The third-order valence-electron chi connectivity index (χ3n) is 2.97. The van der Waals surface area contributed by atoms with Crippen LogP contribution in [-0.4, -0.2) is 31.1 Å². The van der Waals surface area contributed by atoms with Crippen molar-refractivity contribution >= 4 is 11.8 Å². The molecule has 0 unspecified atom stereocenters. The smallest absolute Gasteiger partial charge is 0.335 e. The van der Waals surface area contributed by atoms with Crippen LogP contribution in [0.2, 0.25) is 0 Å². The van der Waals surface area contributed by atoms with E-state index < -0.39 is 5.97 Å². The maximum atomic E-state index is 10.8. The number of benzene rings is 1.